The van der Waals surface area contributed by atoms with Crippen molar-refractivity contribution in [1.82, 2.24) is 10.2 Å². The number of hydrogen-bond acceptors (Lipinski definition) is 4. The van der Waals surface area contributed by atoms with Crippen LogP contribution in [0.15, 0.2) is 24.3 Å². The largest absolute Gasteiger partial charge is 0.465 e. The second kappa shape index (κ2) is 7.44. The number of nitrogens with zero attached hydrogens (tertiary/aromatic N) is 1. The number of carbonyl (C=O) groups excluding carboxylic acids is 1. The molecule has 0 saturated carbocycles. The molecule has 122 valence electrons. The van der Waals surface area contributed by atoms with Gasteiger partial charge in [0.2, 0.25) is 0 Å². The zero-order valence-electron chi connectivity index (χ0n) is 13.1. The number of carbonyl (C=O) groups is 1. The van der Waals surface area contributed by atoms with Gasteiger partial charge in [0.25, 0.3) is 0 Å². The Morgan fingerprint density at radius 3 is 2.55 bits per heavy atom. The third-order valence-corrected chi connectivity index (χ3v) is 4.96. The molecule has 0 radical (unpaired) electrons. The molecule has 0 unspecified atom stereocenters. The average Bonchev–Trinajstić information content (AvgIpc) is 2.90. The van der Waals surface area contributed by atoms with E-state index in [-0.39, 0.29) is 18.4 Å². The van der Waals surface area contributed by atoms with E-state index in [1.54, 1.807) is 0 Å². The van der Waals surface area contributed by atoms with Crippen molar-refractivity contribution in [3.63, 3.8) is 0 Å². The molecule has 0 aromatic heterocycles. The smallest absolute Gasteiger partial charge is 0.337 e. The van der Waals surface area contributed by atoms with E-state index in [4.69, 9.17) is 4.74 Å². The Morgan fingerprint density at radius 1 is 1.23 bits per heavy atom. The highest BCUT2D eigenvalue weighted by molar-refractivity contribution is 5.89. The fraction of sp³-hybridized carbons (Fsp3) is 0.588. The summed E-state index contributed by atoms with van der Waals surface area (Å²) in [7, 11) is 1.42. The maximum Gasteiger partial charge on any atom is 0.337 e. The van der Waals surface area contributed by atoms with Gasteiger partial charge < -0.3 is 10.1 Å². The van der Waals surface area contributed by atoms with Gasteiger partial charge in [0.15, 0.2) is 0 Å². The highest BCUT2D eigenvalue weighted by atomic mass is 35.5. The second-order valence-corrected chi connectivity index (χ2v) is 6.40. The van der Waals surface area contributed by atoms with Crippen molar-refractivity contribution in [1.29, 1.82) is 0 Å². The van der Waals surface area contributed by atoms with Gasteiger partial charge in [-0.3, -0.25) is 4.90 Å². The number of hydrogen-bond donors (Lipinski definition) is 1. The molecule has 0 atom stereocenters. The van der Waals surface area contributed by atoms with Gasteiger partial charge in [0, 0.05) is 13.1 Å². The maximum atomic E-state index is 11.4. The molecule has 2 aliphatic heterocycles. The molecule has 0 bridgehead atoms. The second-order valence-electron chi connectivity index (χ2n) is 6.40. The van der Waals surface area contributed by atoms with Crippen LogP contribution in [0.3, 0.4) is 0 Å². The zero-order valence-corrected chi connectivity index (χ0v) is 14.0. The summed E-state index contributed by atoms with van der Waals surface area (Å²) in [5.41, 5.74) is 2.45. The number of rotatable bonds is 3. The van der Waals surface area contributed by atoms with Crippen LogP contribution in [-0.4, -0.2) is 44.2 Å². The quantitative estimate of drug-likeness (QED) is 0.867. The Labute approximate surface area is 138 Å². The SMILES string of the molecule is COC(=O)c1ccc(CN2CCC3(CCNCC3)C2)cc1.Cl. The summed E-state index contributed by atoms with van der Waals surface area (Å²) in [6.07, 6.45) is 3.95. The summed E-state index contributed by atoms with van der Waals surface area (Å²) >= 11 is 0. The number of nitrogens with one attached hydrogen (secondary N) is 1. The van der Waals surface area contributed by atoms with E-state index >= 15 is 0 Å². The lowest BCUT2D eigenvalue weighted by molar-refractivity contribution is 0.0600. The summed E-state index contributed by atoms with van der Waals surface area (Å²) in [6.45, 7) is 5.73. The lowest BCUT2D eigenvalue weighted by Gasteiger charge is -2.33. The topological polar surface area (TPSA) is 41.6 Å². The fourth-order valence-corrected chi connectivity index (χ4v) is 3.65. The third-order valence-electron chi connectivity index (χ3n) is 4.96. The normalized spacial score (nSPS) is 20.6. The van der Waals surface area contributed by atoms with Crippen LogP contribution in [0.4, 0.5) is 0 Å². The van der Waals surface area contributed by atoms with Crippen LogP contribution in [0.5, 0.6) is 0 Å². The Hall–Kier alpha value is -1.10. The molecule has 2 fully saturated rings. The first-order chi connectivity index (χ1) is 10.2. The first-order valence-corrected chi connectivity index (χ1v) is 7.81. The number of esters is 1. The molecule has 1 aromatic rings. The van der Waals surface area contributed by atoms with E-state index in [1.165, 1.54) is 58.1 Å². The molecule has 3 rings (SSSR count). The minimum Gasteiger partial charge on any atom is -0.465 e. The maximum absolute atomic E-state index is 11.4. The number of ether oxygens (including phenoxy) is 1. The van der Waals surface area contributed by atoms with Crippen molar-refractivity contribution < 1.29 is 9.53 Å². The van der Waals surface area contributed by atoms with E-state index in [0.29, 0.717) is 11.0 Å². The van der Waals surface area contributed by atoms with Crippen LogP contribution in [0.25, 0.3) is 0 Å². The molecule has 4 nitrogen and oxygen atoms in total. The zero-order chi connectivity index (χ0) is 14.7. The van der Waals surface area contributed by atoms with Crippen molar-refractivity contribution in [2.45, 2.75) is 25.8 Å². The Balaban J connectivity index is 0.00000176. The van der Waals surface area contributed by atoms with E-state index in [9.17, 15) is 4.79 Å². The van der Waals surface area contributed by atoms with Gasteiger partial charge >= 0.3 is 5.97 Å². The monoisotopic (exact) mass is 324 g/mol. The molecule has 2 saturated heterocycles. The van der Waals surface area contributed by atoms with Gasteiger partial charge in [-0.1, -0.05) is 12.1 Å². The van der Waals surface area contributed by atoms with Crippen molar-refractivity contribution in [2.75, 3.05) is 33.3 Å². The number of piperidine rings is 1. The van der Waals surface area contributed by atoms with E-state index in [2.05, 4.69) is 10.2 Å². The number of likely N-dealkylation sites (tertiary alicyclic amines) is 1. The summed E-state index contributed by atoms with van der Waals surface area (Å²) in [6, 6.07) is 7.80. The molecule has 2 heterocycles. The van der Waals surface area contributed by atoms with E-state index in [1.807, 2.05) is 24.3 Å². The molecule has 0 aliphatic carbocycles. The molecular weight excluding hydrogens is 300 g/mol. The minimum atomic E-state index is -0.267. The third kappa shape index (κ3) is 3.80. The van der Waals surface area contributed by atoms with Crippen molar-refractivity contribution in [3.8, 4) is 0 Å². The van der Waals surface area contributed by atoms with Crippen LogP contribution in [0.1, 0.15) is 35.2 Å². The first kappa shape index (κ1) is 17.3. The highest BCUT2D eigenvalue weighted by Gasteiger charge is 2.38. The molecule has 2 aliphatic rings. The van der Waals surface area contributed by atoms with Gasteiger partial charge in [-0.05, 0) is 62.0 Å². The number of methoxy groups -OCH3 is 1. The Kier molecular flexibility index (Phi) is 5.84. The molecule has 1 N–H and O–H groups in total. The number of halogens is 1. The molecule has 22 heavy (non-hydrogen) atoms. The summed E-state index contributed by atoms with van der Waals surface area (Å²) < 4.78 is 4.73. The summed E-state index contributed by atoms with van der Waals surface area (Å²) in [4.78, 5) is 14.0. The lowest BCUT2D eigenvalue weighted by Crippen LogP contribution is -2.38. The predicted molar refractivity (Wildman–Crippen MR) is 89.5 cm³/mol. The van der Waals surface area contributed by atoms with E-state index in [0.717, 1.165) is 6.54 Å². The Morgan fingerprint density at radius 2 is 1.91 bits per heavy atom. The van der Waals surface area contributed by atoms with Crippen molar-refractivity contribution in [3.05, 3.63) is 35.4 Å². The standard InChI is InChI=1S/C17H24N2O2.ClH/c1-21-16(20)15-4-2-14(3-5-15)12-19-11-8-17(13-19)6-9-18-10-7-17;/h2-5,18H,6-13H2,1H3;1H. The fourth-order valence-electron chi connectivity index (χ4n) is 3.65. The first-order valence-electron chi connectivity index (χ1n) is 7.81. The van der Waals surface area contributed by atoms with Gasteiger partial charge in [0.1, 0.15) is 0 Å². The Bertz CT molecular complexity index is 498. The van der Waals surface area contributed by atoms with Gasteiger partial charge in [0.05, 0.1) is 12.7 Å². The van der Waals surface area contributed by atoms with Crippen molar-refractivity contribution >= 4 is 18.4 Å². The lowest BCUT2D eigenvalue weighted by atomic mass is 9.78. The minimum absolute atomic E-state index is 0. The summed E-state index contributed by atoms with van der Waals surface area (Å²) in [5, 5.41) is 3.46. The van der Waals surface area contributed by atoms with Crippen molar-refractivity contribution in [2.24, 2.45) is 5.41 Å². The molecule has 0 amide bonds. The molecule has 5 heteroatoms. The van der Waals surface area contributed by atoms with Gasteiger partial charge in [-0.2, -0.15) is 0 Å². The molecule has 1 aromatic carbocycles. The van der Waals surface area contributed by atoms with Gasteiger partial charge in [-0.25, -0.2) is 4.79 Å². The predicted octanol–water partition coefficient (Wildman–Crippen LogP) is 2.47. The molecular formula is C17H25ClN2O2. The van der Waals surface area contributed by atoms with E-state index < -0.39 is 0 Å². The molecule has 1 spiro atoms. The van der Waals surface area contributed by atoms with Crippen LogP contribution in [0, 0.1) is 5.41 Å². The summed E-state index contributed by atoms with van der Waals surface area (Å²) in [5.74, 6) is -0.267. The highest BCUT2D eigenvalue weighted by Crippen LogP contribution is 2.38. The van der Waals surface area contributed by atoms with Gasteiger partial charge in [-0.15, -0.1) is 12.4 Å². The number of benzene rings is 1. The van der Waals surface area contributed by atoms with Crippen LogP contribution >= 0.6 is 12.4 Å². The van der Waals surface area contributed by atoms with Crippen LogP contribution < -0.4 is 5.32 Å². The van der Waals surface area contributed by atoms with Crippen LogP contribution in [0.2, 0.25) is 0 Å². The van der Waals surface area contributed by atoms with Crippen LogP contribution in [-0.2, 0) is 11.3 Å². The average molecular weight is 325 g/mol.